The third-order valence-electron chi connectivity index (χ3n) is 6.46. The zero-order valence-electron chi connectivity index (χ0n) is 20.0. The van der Waals surface area contributed by atoms with Crippen molar-refractivity contribution in [3.05, 3.63) is 65.4 Å². The molecule has 1 fully saturated rings. The zero-order valence-corrected chi connectivity index (χ0v) is 20.0. The first-order valence-electron chi connectivity index (χ1n) is 11.9. The fourth-order valence-electron chi connectivity index (χ4n) is 4.37. The molecule has 7 nitrogen and oxygen atoms in total. The predicted octanol–water partition coefficient (Wildman–Crippen LogP) is 5.57. The van der Waals surface area contributed by atoms with Crippen LogP contribution in [0, 0.1) is 12.8 Å². The van der Waals surface area contributed by atoms with Crippen LogP contribution in [0.5, 0.6) is 5.75 Å². The number of nitrogens with one attached hydrogen (secondary N) is 2. The van der Waals surface area contributed by atoms with Gasteiger partial charge in [0.15, 0.2) is 0 Å². The first kappa shape index (κ1) is 23.5. The number of carbonyl (C=O) groups excluding carboxylic acids is 2. The molecule has 0 aliphatic heterocycles. The number of hydrogen-bond donors (Lipinski definition) is 3. The molecule has 0 radical (unpaired) electrons. The molecule has 1 aliphatic carbocycles. The van der Waals surface area contributed by atoms with Crippen molar-refractivity contribution in [1.29, 1.82) is 0 Å². The summed E-state index contributed by atoms with van der Waals surface area (Å²) in [5, 5.41) is 21.1. The van der Waals surface area contributed by atoms with Crippen LogP contribution in [-0.4, -0.2) is 26.8 Å². The van der Waals surface area contributed by atoms with Gasteiger partial charge in [0.25, 0.3) is 0 Å². The Morgan fingerprint density at radius 3 is 2.53 bits per heavy atom. The molecule has 34 heavy (non-hydrogen) atoms. The van der Waals surface area contributed by atoms with Crippen LogP contribution >= 0.6 is 0 Å². The van der Waals surface area contributed by atoms with Crippen LogP contribution in [0.4, 0.5) is 10.5 Å². The summed E-state index contributed by atoms with van der Waals surface area (Å²) < 4.78 is 1.46. The van der Waals surface area contributed by atoms with E-state index < -0.39 is 0 Å². The maximum absolute atomic E-state index is 13.2. The van der Waals surface area contributed by atoms with Gasteiger partial charge in [0, 0.05) is 35.7 Å². The summed E-state index contributed by atoms with van der Waals surface area (Å²) in [5.74, 6) is -0.0170. The summed E-state index contributed by atoms with van der Waals surface area (Å²) in [4.78, 5) is 25.1. The van der Waals surface area contributed by atoms with Crippen LogP contribution < -0.4 is 10.6 Å². The number of nitrogens with zero attached hydrogens (tertiary/aromatic N) is 2. The van der Waals surface area contributed by atoms with E-state index in [1.54, 1.807) is 12.1 Å². The van der Waals surface area contributed by atoms with E-state index in [2.05, 4.69) is 15.7 Å². The standard InChI is InChI=1S/C27H32N4O3/c1-17(2)26(33)29-21-12-13-22(25(32)14-21)23-15-24(19-9-6-7-10-19)31(30-23)27(34)28-16-20-11-5-4-8-18(20)3/h4-5,8,11-15,17,19,32H,6-7,9-10,16H2,1-3H3,(H,28,34)(H,29,33). The normalized spacial score (nSPS) is 13.9. The van der Waals surface area contributed by atoms with Gasteiger partial charge < -0.3 is 15.7 Å². The molecule has 1 saturated carbocycles. The van der Waals surface area contributed by atoms with Gasteiger partial charge in [-0.05, 0) is 49.1 Å². The first-order chi connectivity index (χ1) is 16.3. The molecule has 0 atom stereocenters. The van der Waals surface area contributed by atoms with E-state index in [1.165, 1.54) is 10.7 Å². The minimum Gasteiger partial charge on any atom is -0.507 e. The van der Waals surface area contributed by atoms with Crippen LogP contribution in [0.25, 0.3) is 11.3 Å². The second-order valence-electron chi connectivity index (χ2n) is 9.31. The van der Waals surface area contributed by atoms with E-state index in [4.69, 9.17) is 0 Å². The van der Waals surface area contributed by atoms with E-state index in [-0.39, 0.29) is 29.5 Å². The van der Waals surface area contributed by atoms with Gasteiger partial charge >= 0.3 is 6.03 Å². The maximum Gasteiger partial charge on any atom is 0.342 e. The number of phenolic OH excluding ortho intramolecular Hbond substituents is 1. The Kier molecular flexibility index (Phi) is 7.01. The van der Waals surface area contributed by atoms with Crippen molar-refractivity contribution in [2.75, 3.05) is 5.32 Å². The lowest BCUT2D eigenvalue weighted by atomic mass is 10.0. The fraction of sp³-hybridized carbons (Fsp3) is 0.370. The Morgan fingerprint density at radius 1 is 1.12 bits per heavy atom. The van der Waals surface area contributed by atoms with Crippen molar-refractivity contribution in [3.8, 4) is 17.0 Å². The zero-order chi connectivity index (χ0) is 24.2. The summed E-state index contributed by atoms with van der Waals surface area (Å²) >= 11 is 0. The van der Waals surface area contributed by atoms with Gasteiger partial charge in [0.05, 0.1) is 11.4 Å². The van der Waals surface area contributed by atoms with Crippen LogP contribution in [0.3, 0.4) is 0 Å². The van der Waals surface area contributed by atoms with Crippen LogP contribution in [0.2, 0.25) is 0 Å². The van der Waals surface area contributed by atoms with Gasteiger partial charge in [0.1, 0.15) is 5.75 Å². The number of carbonyl (C=O) groups is 2. The van der Waals surface area contributed by atoms with Gasteiger partial charge in [-0.1, -0.05) is 51.0 Å². The highest BCUT2D eigenvalue weighted by molar-refractivity contribution is 5.92. The van der Waals surface area contributed by atoms with E-state index in [0.29, 0.717) is 23.5 Å². The Labute approximate surface area is 200 Å². The number of aromatic nitrogens is 2. The van der Waals surface area contributed by atoms with Crippen molar-refractivity contribution < 1.29 is 14.7 Å². The van der Waals surface area contributed by atoms with Gasteiger partial charge in [0.2, 0.25) is 5.91 Å². The van der Waals surface area contributed by atoms with E-state index in [1.807, 2.05) is 51.1 Å². The summed E-state index contributed by atoms with van der Waals surface area (Å²) in [6.07, 6.45) is 4.29. The molecule has 2 amide bonds. The van der Waals surface area contributed by atoms with Crippen molar-refractivity contribution in [3.63, 3.8) is 0 Å². The predicted molar refractivity (Wildman–Crippen MR) is 133 cm³/mol. The first-order valence-corrected chi connectivity index (χ1v) is 11.9. The molecule has 1 heterocycles. The van der Waals surface area contributed by atoms with Crippen molar-refractivity contribution in [2.45, 2.75) is 58.9 Å². The average Bonchev–Trinajstić information content (AvgIpc) is 3.48. The van der Waals surface area contributed by atoms with Crippen molar-refractivity contribution in [2.24, 2.45) is 5.92 Å². The van der Waals surface area contributed by atoms with Gasteiger partial charge in [-0.3, -0.25) is 4.79 Å². The molecule has 0 spiro atoms. The molecular weight excluding hydrogens is 428 g/mol. The van der Waals surface area contributed by atoms with Crippen molar-refractivity contribution >= 4 is 17.6 Å². The second kappa shape index (κ2) is 10.1. The Morgan fingerprint density at radius 2 is 1.85 bits per heavy atom. The molecule has 1 aromatic heterocycles. The molecule has 3 aromatic rings. The molecule has 1 aliphatic rings. The number of hydrogen-bond acceptors (Lipinski definition) is 4. The van der Waals surface area contributed by atoms with Gasteiger partial charge in [-0.25, -0.2) is 4.79 Å². The quantitative estimate of drug-likeness (QED) is 0.448. The van der Waals surface area contributed by atoms with E-state index in [9.17, 15) is 14.7 Å². The smallest absolute Gasteiger partial charge is 0.342 e. The highest BCUT2D eigenvalue weighted by atomic mass is 16.3. The SMILES string of the molecule is Cc1ccccc1CNC(=O)n1nc(-c2ccc(NC(=O)C(C)C)cc2O)cc1C1CCCC1. The average molecular weight is 461 g/mol. The minimum absolute atomic E-state index is 0.00416. The molecule has 0 saturated heterocycles. The number of aromatic hydroxyl groups is 1. The highest BCUT2D eigenvalue weighted by Gasteiger charge is 2.26. The molecule has 2 aromatic carbocycles. The lowest BCUT2D eigenvalue weighted by molar-refractivity contribution is -0.118. The van der Waals surface area contributed by atoms with Crippen LogP contribution in [0.1, 0.15) is 62.3 Å². The second-order valence-corrected chi connectivity index (χ2v) is 9.31. The molecule has 7 heteroatoms. The third-order valence-corrected chi connectivity index (χ3v) is 6.46. The Balaban J connectivity index is 1.60. The largest absolute Gasteiger partial charge is 0.507 e. The monoisotopic (exact) mass is 460 g/mol. The maximum atomic E-state index is 13.2. The molecule has 0 bridgehead atoms. The topological polar surface area (TPSA) is 96.3 Å². The van der Waals surface area contributed by atoms with E-state index >= 15 is 0 Å². The van der Waals surface area contributed by atoms with E-state index in [0.717, 1.165) is 42.5 Å². The van der Waals surface area contributed by atoms with Crippen LogP contribution in [-0.2, 0) is 11.3 Å². The lowest BCUT2D eigenvalue weighted by Gasteiger charge is -2.13. The molecular formula is C27H32N4O3. The highest BCUT2D eigenvalue weighted by Crippen LogP contribution is 2.38. The number of phenols is 1. The third kappa shape index (κ3) is 5.14. The fourth-order valence-corrected chi connectivity index (χ4v) is 4.37. The van der Waals surface area contributed by atoms with Crippen LogP contribution in [0.15, 0.2) is 48.5 Å². The Bertz CT molecular complexity index is 1190. The molecule has 0 unspecified atom stereocenters. The molecule has 4 rings (SSSR count). The number of amides is 2. The van der Waals surface area contributed by atoms with Crippen molar-refractivity contribution in [1.82, 2.24) is 15.1 Å². The summed E-state index contributed by atoms with van der Waals surface area (Å²) in [5.41, 5.74) is 4.62. The number of benzene rings is 2. The number of rotatable bonds is 6. The summed E-state index contributed by atoms with van der Waals surface area (Å²) in [7, 11) is 0. The van der Waals surface area contributed by atoms with Gasteiger partial charge in [-0.2, -0.15) is 9.78 Å². The summed E-state index contributed by atoms with van der Waals surface area (Å²) in [6.45, 7) is 6.06. The Hall–Kier alpha value is -3.61. The van der Waals surface area contributed by atoms with Gasteiger partial charge in [-0.15, -0.1) is 0 Å². The number of aryl methyl sites for hydroxylation is 1. The minimum atomic E-state index is -0.281. The lowest BCUT2D eigenvalue weighted by Crippen LogP contribution is -2.31. The number of anilines is 1. The molecule has 178 valence electrons. The summed E-state index contributed by atoms with van der Waals surface area (Å²) in [6, 6.07) is 14.6. The molecule has 3 N–H and O–H groups in total.